The number of ether oxygens (including phenoxy) is 2. The second-order valence-corrected chi connectivity index (χ2v) is 5.45. The second-order valence-electron chi connectivity index (χ2n) is 4.59. The summed E-state index contributed by atoms with van der Waals surface area (Å²) in [6.45, 7) is 1.86. The van der Waals surface area contributed by atoms with Crippen LogP contribution >= 0.6 is 11.3 Å². The molecule has 7 nitrogen and oxygen atoms in total. The van der Waals surface area contributed by atoms with E-state index in [1.54, 1.807) is 18.2 Å². The van der Waals surface area contributed by atoms with Gasteiger partial charge in [-0.1, -0.05) is 0 Å². The molecule has 2 aromatic rings. The first-order chi connectivity index (χ1) is 10.6. The Hall–Kier alpha value is -2.61. The average Bonchev–Trinajstić information content (AvgIpc) is 3.12. The molecule has 0 radical (unpaired) electrons. The van der Waals surface area contributed by atoms with E-state index in [1.807, 2.05) is 12.3 Å². The molecule has 2 heterocycles. The zero-order chi connectivity index (χ0) is 15.5. The Morgan fingerprint density at radius 1 is 1.32 bits per heavy atom. The predicted octanol–water partition coefficient (Wildman–Crippen LogP) is 1.55. The van der Waals surface area contributed by atoms with E-state index in [4.69, 9.17) is 9.47 Å². The second kappa shape index (κ2) is 6.02. The third-order valence-electron chi connectivity index (χ3n) is 2.91. The predicted molar refractivity (Wildman–Crippen MR) is 80.4 cm³/mol. The zero-order valence-corrected chi connectivity index (χ0v) is 12.5. The summed E-state index contributed by atoms with van der Waals surface area (Å²) in [5, 5.41) is 7.51. The normalized spacial score (nSPS) is 12.0. The first-order valence-electron chi connectivity index (χ1n) is 6.51. The molecule has 2 amide bonds. The SMILES string of the molecule is Cc1csc(NC(=O)CNC(=O)c2ccc3c(c2)OCO3)n1. The highest BCUT2D eigenvalue weighted by Crippen LogP contribution is 2.32. The van der Waals surface area contributed by atoms with Crippen LogP contribution in [0.15, 0.2) is 23.6 Å². The van der Waals surface area contributed by atoms with Crippen molar-refractivity contribution < 1.29 is 19.1 Å². The molecule has 0 saturated heterocycles. The lowest BCUT2D eigenvalue weighted by molar-refractivity contribution is -0.115. The third kappa shape index (κ3) is 3.17. The van der Waals surface area contributed by atoms with Crippen LogP contribution < -0.4 is 20.1 Å². The van der Waals surface area contributed by atoms with Crippen molar-refractivity contribution in [2.24, 2.45) is 0 Å². The highest BCUT2D eigenvalue weighted by Gasteiger charge is 2.16. The lowest BCUT2D eigenvalue weighted by Gasteiger charge is -2.06. The number of fused-ring (bicyclic) bond motifs is 1. The molecule has 1 aliphatic heterocycles. The van der Waals surface area contributed by atoms with E-state index in [9.17, 15) is 9.59 Å². The lowest BCUT2D eigenvalue weighted by Crippen LogP contribution is -2.32. The molecule has 0 unspecified atom stereocenters. The summed E-state index contributed by atoms with van der Waals surface area (Å²) in [6, 6.07) is 4.86. The van der Waals surface area contributed by atoms with Gasteiger partial charge in [-0.05, 0) is 25.1 Å². The summed E-state index contributed by atoms with van der Waals surface area (Å²) in [6.07, 6.45) is 0. The Morgan fingerprint density at radius 2 is 2.14 bits per heavy atom. The number of nitrogens with zero attached hydrogens (tertiary/aromatic N) is 1. The first kappa shape index (κ1) is 14.3. The number of hydrogen-bond donors (Lipinski definition) is 2. The van der Waals surface area contributed by atoms with Gasteiger partial charge in [0.25, 0.3) is 5.91 Å². The minimum atomic E-state index is -0.358. The molecule has 0 fully saturated rings. The maximum absolute atomic E-state index is 12.0. The van der Waals surface area contributed by atoms with Gasteiger partial charge in [-0.15, -0.1) is 11.3 Å². The van der Waals surface area contributed by atoms with E-state index in [-0.39, 0.29) is 25.2 Å². The summed E-state index contributed by atoms with van der Waals surface area (Å²) in [5.74, 6) is 0.441. The maximum Gasteiger partial charge on any atom is 0.251 e. The molecule has 114 valence electrons. The highest BCUT2D eigenvalue weighted by atomic mass is 32.1. The van der Waals surface area contributed by atoms with Gasteiger partial charge in [-0.3, -0.25) is 9.59 Å². The van der Waals surface area contributed by atoms with Gasteiger partial charge in [0, 0.05) is 10.9 Å². The molecule has 0 spiro atoms. The molecule has 1 aromatic heterocycles. The van der Waals surface area contributed by atoms with Crippen LogP contribution in [0.1, 0.15) is 16.1 Å². The molecule has 0 aliphatic carbocycles. The smallest absolute Gasteiger partial charge is 0.251 e. The molecule has 3 rings (SSSR count). The summed E-state index contributed by atoms with van der Waals surface area (Å²) in [4.78, 5) is 27.9. The number of carbonyl (C=O) groups is 2. The fraction of sp³-hybridized carbons (Fsp3) is 0.214. The molecule has 2 N–H and O–H groups in total. The number of nitrogens with one attached hydrogen (secondary N) is 2. The number of rotatable bonds is 4. The minimum Gasteiger partial charge on any atom is -0.454 e. The zero-order valence-electron chi connectivity index (χ0n) is 11.7. The topological polar surface area (TPSA) is 89.6 Å². The Bertz CT molecular complexity index is 729. The van der Waals surface area contributed by atoms with Crippen LogP contribution in [0.2, 0.25) is 0 Å². The van der Waals surface area contributed by atoms with Gasteiger partial charge in [0.2, 0.25) is 12.7 Å². The lowest BCUT2D eigenvalue weighted by atomic mass is 10.2. The molecule has 0 bridgehead atoms. The molecule has 8 heteroatoms. The van der Waals surface area contributed by atoms with Crippen molar-refractivity contribution in [3.63, 3.8) is 0 Å². The standard InChI is InChI=1S/C14H13N3O4S/c1-8-6-22-14(16-8)17-12(18)5-15-13(19)9-2-3-10-11(4-9)21-7-20-10/h2-4,6H,5,7H2,1H3,(H,15,19)(H,16,17,18). The molecule has 0 atom stereocenters. The van der Waals surface area contributed by atoms with E-state index in [2.05, 4.69) is 15.6 Å². The van der Waals surface area contributed by atoms with E-state index >= 15 is 0 Å². The summed E-state index contributed by atoms with van der Waals surface area (Å²) in [5.41, 5.74) is 1.24. The Morgan fingerprint density at radius 3 is 2.91 bits per heavy atom. The number of aromatic nitrogens is 1. The monoisotopic (exact) mass is 319 g/mol. The average molecular weight is 319 g/mol. The molecule has 22 heavy (non-hydrogen) atoms. The van der Waals surface area contributed by atoms with Gasteiger partial charge in [-0.2, -0.15) is 0 Å². The van der Waals surface area contributed by atoms with Gasteiger partial charge in [0.1, 0.15) is 0 Å². The van der Waals surface area contributed by atoms with E-state index in [0.717, 1.165) is 5.69 Å². The Labute approximate surface area is 130 Å². The van der Waals surface area contributed by atoms with Gasteiger partial charge in [0.15, 0.2) is 16.6 Å². The first-order valence-corrected chi connectivity index (χ1v) is 7.39. The van der Waals surface area contributed by atoms with Gasteiger partial charge in [-0.25, -0.2) is 4.98 Å². The van der Waals surface area contributed by atoms with E-state index in [1.165, 1.54) is 11.3 Å². The van der Waals surface area contributed by atoms with Crippen LogP contribution in [-0.4, -0.2) is 30.1 Å². The van der Waals surface area contributed by atoms with Crippen molar-refractivity contribution in [1.82, 2.24) is 10.3 Å². The molecule has 1 aliphatic rings. The van der Waals surface area contributed by atoms with Crippen LogP contribution in [0.3, 0.4) is 0 Å². The van der Waals surface area contributed by atoms with Crippen LogP contribution in [-0.2, 0) is 4.79 Å². The number of carbonyl (C=O) groups excluding carboxylic acids is 2. The molecular formula is C14H13N3O4S. The van der Waals surface area contributed by atoms with Crippen molar-refractivity contribution in [1.29, 1.82) is 0 Å². The number of hydrogen-bond acceptors (Lipinski definition) is 6. The minimum absolute atomic E-state index is 0.133. The number of amides is 2. The van der Waals surface area contributed by atoms with Crippen molar-refractivity contribution in [2.75, 3.05) is 18.7 Å². The Kier molecular flexibility index (Phi) is 3.92. The molecule has 0 saturated carbocycles. The van der Waals surface area contributed by atoms with Crippen molar-refractivity contribution >= 4 is 28.3 Å². The van der Waals surface area contributed by atoms with Gasteiger partial charge in [0.05, 0.1) is 12.2 Å². The van der Waals surface area contributed by atoms with Crippen LogP contribution in [0.25, 0.3) is 0 Å². The largest absolute Gasteiger partial charge is 0.454 e. The summed E-state index contributed by atoms with van der Waals surface area (Å²) < 4.78 is 10.4. The van der Waals surface area contributed by atoms with E-state index < -0.39 is 0 Å². The van der Waals surface area contributed by atoms with Crippen molar-refractivity contribution in [3.05, 3.63) is 34.8 Å². The van der Waals surface area contributed by atoms with Crippen LogP contribution in [0.5, 0.6) is 11.5 Å². The Balaban J connectivity index is 1.54. The fourth-order valence-electron chi connectivity index (χ4n) is 1.88. The third-order valence-corrected chi connectivity index (χ3v) is 3.79. The maximum atomic E-state index is 12.0. The summed E-state index contributed by atoms with van der Waals surface area (Å²) >= 11 is 1.34. The number of thiazole rings is 1. The quantitative estimate of drug-likeness (QED) is 0.892. The van der Waals surface area contributed by atoms with E-state index in [0.29, 0.717) is 22.2 Å². The molecule has 1 aromatic carbocycles. The summed E-state index contributed by atoms with van der Waals surface area (Å²) in [7, 11) is 0. The number of benzene rings is 1. The van der Waals surface area contributed by atoms with Crippen LogP contribution in [0, 0.1) is 6.92 Å². The van der Waals surface area contributed by atoms with Gasteiger partial charge >= 0.3 is 0 Å². The fourth-order valence-corrected chi connectivity index (χ4v) is 2.58. The van der Waals surface area contributed by atoms with Gasteiger partial charge < -0.3 is 20.1 Å². The molecular weight excluding hydrogens is 306 g/mol. The highest BCUT2D eigenvalue weighted by molar-refractivity contribution is 7.13. The van der Waals surface area contributed by atoms with Crippen LogP contribution in [0.4, 0.5) is 5.13 Å². The number of aryl methyl sites for hydroxylation is 1. The number of anilines is 1. The van der Waals surface area contributed by atoms with Crippen molar-refractivity contribution in [3.8, 4) is 11.5 Å². The van der Waals surface area contributed by atoms with Crippen molar-refractivity contribution in [2.45, 2.75) is 6.92 Å².